The molecule has 1 aliphatic heterocycles. The number of fused-ring (bicyclic) bond motifs is 2. The van der Waals surface area contributed by atoms with E-state index in [9.17, 15) is 4.79 Å². The summed E-state index contributed by atoms with van der Waals surface area (Å²) in [6, 6.07) is 12.4. The van der Waals surface area contributed by atoms with Crippen molar-refractivity contribution < 1.29 is 19.0 Å². The molecule has 94 valence electrons. The average Bonchev–Trinajstić information content (AvgIpc) is 2.45. The molecule has 0 fully saturated rings. The maximum Gasteiger partial charge on any atom is 0.335 e. The molecule has 3 rings (SSSR count). The van der Waals surface area contributed by atoms with Crippen LogP contribution in [0.2, 0.25) is 0 Å². The molecule has 0 saturated heterocycles. The highest BCUT2D eigenvalue weighted by atomic mass is 16.6. The summed E-state index contributed by atoms with van der Waals surface area (Å²) in [6.07, 6.45) is 1.09. The highest BCUT2D eigenvalue weighted by Gasteiger charge is 2.22. The minimum absolute atomic E-state index is 0.303. The lowest BCUT2D eigenvalue weighted by atomic mass is 10.2. The molecule has 0 atom stereocenters. The molecule has 4 nitrogen and oxygen atoms in total. The molecule has 0 aliphatic carbocycles. The molecule has 0 unspecified atom stereocenters. The number of hydrogen-bond donors (Lipinski definition) is 0. The normalized spacial score (nSPS) is 11.4. The summed E-state index contributed by atoms with van der Waals surface area (Å²) in [7, 11) is 0. The molecule has 0 bridgehead atoms. The minimum Gasteiger partial charge on any atom is -0.449 e. The number of esters is 1. The SMILES string of the molecule is C=CC(=O)Oc1cccc2c1Oc1ccccc1O2. The van der Waals surface area contributed by atoms with E-state index < -0.39 is 5.97 Å². The Morgan fingerprint density at radius 3 is 2.42 bits per heavy atom. The molecule has 1 aliphatic rings. The molecular weight excluding hydrogens is 244 g/mol. The Hall–Kier alpha value is -2.75. The number of benzene rings is 2. The molecular formula is C15H10O4. The summed E-state index contributed by atoms with van der Waals surface area (Å²) in [6.45, 7) is 3.36. The van der Waals surface area contributed by atoms with Crippen molar-refractivity contribution in [3.63, 3.8) is 0 Å². The first kappa shape index (κ1) is 11.3. The second-order valence-corrected chi connectivity index (χ2v) is 3.86. The van der Waals surface area contributed by atoms with Crippen LogP contribution in [0.25, 0.3) is 0 Å². The third-order valence-corrected chi connectivity index (χ3v) is 2.60. The Bertz CT molecular complexity index is 661. The molecule has 0 radical (unpaired) electrons. The third kappa shape index (κ3) is 2.04. The standard InChI is InChI=1S/C15H10O4/c1-2-14(16)18-13-9-5-8-12-15(13)19-11-7-4-3-6-10(11)17-12/h2-9H,1H2. The lowest BCUT2D eigenvalue weighted by molar-refractivity contribution is -0.129. The zero-order valence-corrected chi connectivity index (χ0v) is 9.96. The monoisotopic (exact) mass is 254 g/mol. The minimum atomic E-state index is -0.546. The van der Waals surface area contributed by atoms with Gasteiger partial charge < -0.3 is 14.2 Å². The quantitative estimate of drug-likeness (QED) is 0.397. The summed E-state index contributed by atoms with van der Waals surface area (Å²) >= 11 is 0. The Morgan fingerprint density at radius 2 is 1.68 bits per heavy atom. The predicted octanol–water partition coefficient (Wildman–Crippen LogP) is 3.68. The van der Waals surface area contributed by atoms with E-state index in [0.717, 1.165) is 6.08 Å². The lowest BCUT2D eigenvalue weighted by Crippen LogP contribution is -2.06. The van der Waals surface area contributed by atoms with Crippen LogP contribution >= 0.6 is 0 Å². The Balaban J connectivity index is 2.01. The van der Waals surface area contributed by atoms with Crippen molar-refractivity contribution in [3.8, 4) is 28.7 Å². The van der Waals surface area contributed by atoms with Crippen LogP contribution in [-0.2, 0) is 4.79 Å². The summed E-state index contributed by atoms with van der Waals surface area (Å²) in [5.41, 5.74) is 0. The van der Waals surface area contributed by atoms with Crippen molar-refractivity contribution in [1.82, 2.24) is 0 Å². The Labute approximate surface area is 109 Å². The predicted molar refractivity (Wildman–Crippen MR) is 68.9 cm³/mol. The zero-order valence-electron chi connectivity index (χ0n) is 9.96. The van der Waals surface area contributed by atoms with Crippen LogP contribution in [0.4, 0.5) is 0 Å². The van der Waals surface area contributed by atoms with Gasteiger partial charge in [-0.3, -0.25) is 0 Å². The lowest BCUT2D eigenvalue weighted by Gasteiger charge is -2.21. The number of rotatable bonds is 2. The first-order chi connectivity index (χ1) is 9.28. The molecule has 2 aromatic rings. The van der Waals surface area contributed by atoms with Crippen LogP contribution in [0.3, 0.4) is 0 Å². The van der Waals surface area contributed by atoms with Gasteiger partial charge in [-0.2, -0.15) is 0 Å². The smallest absolute Gasteiger partial charge is 0.335 e. The molecule has 0 amide bonds. The summed E-state index contributed by atoms with van der Waals surface area (Å²) in [5.74, 6) is 1.86. The van der Waals surface area contributed by atoms with E-state index >= 15 is 0 Å². The highest BCUT2D eigenvalue weighted by molar-refractivity contribution is 5.84. The molecule has 0 saturated carbocycles. The van der Waals surface area contributed by atoms with Crippen molar-refractivity contribution in [2.75, 3.05) is 0 Å². The number of ether oxygens (including phenoxy) is 3. The van der Waals surface area contributed by atoms with E-state index in [-0.39, 0.29) is 0 Å². The van der Waals surface area contributed by atoms with Crippen LogP contribution in [0.1, 0.15) is 0 Å². The topological polar surface area (TPSA) is 44.8 Å². The van der Waals surface area contributed by atoms with Gasteiger partial charge in [0, 0.05) is 6.08 Å². The molecule has 0 spiro atoms. The fourth-order valence-electron chi connectivity index (χ4n) is 1.75. The van der Waals surface area contributed by atoms with Gasteiger partial charge in [0.2, 0.25) is 5.75 Å². The van der Waals surface area contributed by atoms with Crippen molar-refractivity contribution in [1.29, 1.82) is 0 Å². The summed E-state index contributed by atoms with van der Waals surface area (Å²) < 4.78 is 16.5. The number of para-hydroxylation sites is 3. The fraction of sp³-hybridized carbons (Fsp3) is 0. The first-order valence-corrected chi connectivity index (χ1v) is 5.70. The van der Waals surface area contributed by atoms with Gasteiger partial charge >= 0.3 is 5.97 Å². The summed E-state index contributed by atoms with van der Waals surface area (Å²) in [5, 5.41) is 0. The van der Waals surface area contributed by atoms with E-state index in [2.05, 4.69) is 6.58 Å². The van der Waals surface area contributed by atoms with Gasteiger partial charge in [-0.15, -0.1) is 0 Å². The Morgan fingerprint density at radius 1 is 1.00 bits per heavy atom. The van der Waals surface area contributed by atoms with Crippen molar-refractivity contribution in [3.05, 3.63) is 55.1 Å². The zero-order chi connectivity index (χ0) is 13.2. The average molecular weight is 254 g/mol. The van der Waals surface area contributed by atoms with E-state index in [0.29, 0.717) is 28.7 Å². The van der Waals surface area contributed by atoms with Gasteiger partial charge in [-0.1, -0.05) is 24.8 Å². The van der Waals surface area contributed by atoms with Crippen LogP contribution in [0, 0.1) is 0 Å². The number of hydrogen-bond acceptors (Lipinski definition) is 4. The largest absolute Gasteiger partial charge is 0.449 e. The van der Waals surface area contributed by atoms with Crippen LogP contribution in [-0.4, -0.2) is 5.97 Å². The van der Waals surface area contributed by atoms with E-state index in [4.69, 9.17) is 14.2 Å². The van der Waals surface area contributed by atoms with E-state index in [1.807, 2.05) is 12.1 Å². The van der Waals surface area contributed by atoms with Crippen molar-refractivity contribution in [2.45, 2.75) is 0 Å². The van der Waals surface area contributed by atoms with Gasteiger partial charge in [0.1, 0.15) is 0 Å². The van der Waals surface area contributed by atoms with Crippen molar-refractivity contribution >= 4 is 5.97 Å². The number of carbonyl (C=O) groups is 1. The van der Waals surface area contributed by atoms with Crippen LogP contribution in [0.15, 0.2) is 55.1 Å². The molecule has 0 aromatic heterocycles. The highest BCUT2D eigenvalue weighted by Crippen LogP contribution is 2.49. The van der Waals surface area contributed by atoms with Gasteiger partial charge in [-0.05, 0) is 24.3 Å². The molecule has 0 N–H and O–H groups in total. The van der Waals surface area contributed by atoms with Crippen LogP contribution in [0.5, 0.6) is 28.7 Å². The van der Waals surface area contributed by atoms with Crippen LogP contribution < -0.4 is 14.2 Å². The Kier molecular flexibility index (Phi) is 2.68. The van der Waals surface area contributed by atoms with Crippen molar-refractivity contribution in [2.24, 2.45) is 0 Å². The third-order valence-electron chi connectivity index (χ3n) is 2.60. The second-order valence-electron chi connectivity index (χ2n) is 3.86. The molecule has 4 heteroatoms. The van der Waals surface area contributed by atoms with E-state index in [1.165, 1.54) is 0 Å². The van der Waals surface area contributed by atoms with Gasteiger partial charge in [-0.25, -0.2) is 4.79 Å². The molecule has 2 aromatic carbocycles. The second kappa shape index (κ2) is 4.49. The first-order valence-electron chi connectivity index (χ1n) is 5.70. The van der Waals surface area contributed by atoms with Gasteiger partial charge in [0.25, 0.3) is 0 Å². The molecule has 1 heterocycles. The summed E-state index contributed by atoms with van der Waals surface area (Å²) in [4.78, 5) is 11.3. The number of carbonyl (C=O) groups excluding carboxylic acids is 1. The maximum absolute atomic E-state index is 11.3. The maximum atomic E-state index is 11.3. The van der Waals surface area contributed by atoms with Gasteiger partial charge in [0.05, 0.1) is 0 Å². The molecule has 19 heavy (non-hydrogen) atoms. The van der Waals surface area contributed by atoms with Gasteiger partial charge in [0.15, 0.2) is 23.0 Å². The van der Waals surface area contributed by atoms with E-state index in [1.54, 1.807) is 30.3 Å². The fourth-order valence-corrected chi connectivity index (χ4v) is 1.75.